The van der Waals surface area contributed by atoms with E-state index in [1.54, 1.807) is 19.1 Å². The molecule has 0 saturated carbocycles. The van der Waals surface area contributed by atoms with E-state index in [9.17, 15) is 14.0 Å². The van der Waals surface area contributed by atoms with Gasteiger partial charge in [0.25, 0.3) is 0 Å². The second kappa shape index (κ2) is 8.10. The molecule has 7 heteroatoms. The van der Waals surface area contributed by atoms with Crippen LogP contribution in [0, 0.1) is 5.82 Å². The van der Waals surface area contributed by atoms with Crippen molar-refractivity contribution in [1.82, 2.24) is 15.5 Å². The summed E-state index contributed by atoms with van der Waals surface area (Å²) in [5.74, 6) is -0.550. The van der Waals surface area contributed by atoms with Crippen LogP contribution >= 0.6 is 0 Å². The molecule has 1 heterocycles. The molecule has 3 amide bonds. The second-order valence-electron chi connectivity index (χ2n) is 6.29. The lowest BCUT2D eigenvalue weighted by molar-refractivity contribution is -0.124. The summed E-state index contributed by atoms with van der Waals surface area (Å²) in [5.41, 5.74) is 0.976. The van der Waals surface area contributed by atoms with Crippen LogP contribution < -0.4 is 15.5 Å². The minimum absolute atomic E-state index is 0.0210. The lowest BCUT2D eigenvalue weighted by atomic mass is 10.2. The number of rotatable bonds is 4. The van der Waals surface area contributed by atoms with Crippen LogP contribution in [0.5, 0.6) is 0 Å². The Morgan fingerprint density at radius 1 is 1.04 bits per heavy atom. The van der Waals surface area contributed by atoms with Crippen LogP contribution in [0.15, 0.2) is 24.3 Å². The summed E-state index contributed by atoms with van der Waals surface area (Å²) in [5, 5.41) is 5.01. The van der Waals surface area contributed by atoms with Gasteiger partial charge < -0.3 is 10.2 Å². The molecule has 2 N–H and O–H groups in total. The first kappa shape index (κ1) is 18.2. The van der Waals surface area contributed by atoms with Crippen LogP contribution in [0.25, 0.3) is 0 Å². The fourth-order valence-corrected chi connectivity index (χ4v) is 2.70. The molecule has 0 spiro atoms. The quantitative estimate of drug-likeness (QED) is 0.876. The van der Waals surface area contributed by atoms with Gasteiger partial charge in [0.2, 0.25) is 5.91 Å². The Morgan fingerprint density at radius 2 is 1.62 bits per heavy atom. The Bertz CT molecular complexity index is 568. The first-order valence-corrected chi connectivity index (χ1v) is 8.22. The van der Waals surface area contributed by atoms with E-state index < -0.39 is 6.03 Å². The van der Waals surface area contributed by atoms with Gasteiger partial charge in [-0.2, -0.15) is 0 Å². The topological polar surface area (TPSA) is 64.7 Å². The zero-order valence-electron chi connectivity index (χ0n) is 14.4. The summed E-state index contributed by atoms with van der Waals surface area (Å²) in [6.45, 7) is 8.38. The van der Waals surface area contributed by atoms with Gasteiger partial charge in [-0.05, 0) is 45.0 Å². The number of carbonyl (C=O) groups is 2. The number of benzene rings is 1. The molecule has 0 aromatic heterocycles. The van der Waals surface area contributed by atoms with Gasteiger partial charge in [-0.1, -0.05) is 0 Å². The lowest BCUT2D eigenvalue weighted by Crippen LogP contribution is -2.55. The van der Waals surface area contributed by atoms with Crippen molar-refractivity contribution in [3.05, 3.63) is 30.1 Å². The highest BCUT2D eigenvalue weighted by molar-refractivity contribution is 5.96. The van der Waals surface area contributed by atoms with Crippen LogP contribution in [0.2, 0.25) is 0 Å². The molecular formula is C17H25FN4O2. The van der Waals surface area contributed by atoms with Crippen LogP contribution in [-0.2, 0) is 4.79 Å². The normalized spacial score (nSPS) is 16.8. The summed E-state index contributed by atoms with van der Waals surface area (Å²) in [7, 11) is 0. The Balaban J connectivity index is 1.83. The van der Waals surface area contributed by atoms with E-state index in [0.717, 1.165) is 18.8 Å². The smallest absolute Gasteiger partial charge is 0.321 e. The van der Waals surface area contributed by atoms with Crippen LogP contribution in [0.4, 0.5) is 14.9 Å². The first-order valence-electron chi connectivity index (χ1n) is 8.22. The Labute approximate surface area is 142 Å². The fraction of sp³-hybridized carbons (Fsp3) is 0.529. The molecule has 0 radical (unpaired) electrons. The van der Waals surface area contributed by atoms with Gasteiger partial charge in [-0.3, -0.25) is 15.0 Å². The third kappa shape index (κ3) is 4.92. The molecule has 1 aromatic rings. The van der Waals surface area contributed by atoms with E-state index in [-0.39, 0.29) is 23.8 Å². The molecule has 1 fully saturated rings. The van der Waals surface area contributed by atoms with Crippen molar-refractivity contribution in [3.63, 3.8) is 0 Å². The summed E-state index contributed by atoms with van der Waals surface area (Å²) < 4.78 is 13.0. The number of anilines is 1. The third-order valence-electron chi connectivity index (χ3n) is 4.09. The molecule has 0 aliphatic carbocycles. The van der Waals surface area contributed by atoms with Crippen LogP contribution in [-0.4, -0.2) is 55.1 Å². The van der Waals surface area contributed by atoms with E-state index in [4.69, 9.17) is 0 Å². The molecule has 0 bridgehead atoms. The molecule has 1 saturated heterocycles. The van der Waals surface area contributed by atoms with Crippen molar-refractivity contribution in [3.8, 4) is 0 Å². The molecule has 132 valence electrons. The zero-order valence-corrected chi connectivity index (χ0v) is 14.4. The number of hydrogen-bond donors (Lipinski definition) is 2. The highest BCUT2D eigenvalue weighted by atomic mass is 19.1. The molecule has 1 unspecified atom stereocenters. The minimum atomic E-state index is -0.466. The van der Waals surface area contributed by atoms with Crippen molar-refractivity contribution < 1.29 is 14.0 Å². The van der Waals surface area contributed by atoms with Crippen molar-refractivity contribution in [2.75, 3.05) is 31.1 Å². The summed E-state index contributed by atoms with van der Waals surface area (Å²) in [4.78, 5) is 28.0. The second-order valence-corrected chi connectivity index (χ2v) is 6.29. The van der Waals surface area contributed by atoms with Gasteiger partial charge in [-0.25, -0.2) is 9.18 Å². The molecule has 6 nitrogen and oxygen atoms in total. The predicted octanol–water partition coefficient (Wildman–Crippen LogP) is 1.57. The van der Waals surface area contributed by atoms with E-state index in [1.807, 2.05) is 18.7 Å². The van der Waals surface area contributed by atoms with E-state index in [2.05, 4.69) is 15.5 Å². The SMILES string of the molecule is CC(C)NC(=O)NC(=O)C(C)N1CCN(c2ccc(F)cc2)CC1. The van der Waals surface area contributed by atoms with Gasteiger partial charge in [0.05, 0.1) is 6.04 Å². The molecule has 24 heavy (non-hydrogen) atoms. The zero-order chi connectivity index (χ0) is 17.7. The van der Waals surface area contributed by atoms with Crippen molar-refractivity contribution >= 4 is 17.6 Å². The maximum Gasteiger partial charge on any atom is 0.321 e. The summed E-state index contributed by atoms with van der Waals surface area (Å²) in [6.07, 6.45) is 0. The van der Waals surface area contributed by atoms with Crippen molar-refractivity contribution in [1.29, 1.82) is 0 Å². The Hall–Kier alpha value is -2.15. The maximum absolute atomic E-state index is 13.0. The maximum atomic E-state index is 13.0. The van der Waals surface area contributed by atoms with Gasteiger partial charge in [0.15, 0.2) is 0 Å². The monoisotopic (exact) mass is 336 g/mol. The number of piperazine rings is 1. The molecule has 1 aromatic carbocycles. The van der Waals surface area contributed by atoms with Gasteiger partial charge in [0, 0.05) is 37.9 Å². The van der Waals surface area contributed by atoms with Crippen LogP contribution in [0.1, 0.15) is 20.8 Å². The van der Waals surface area contributed by atoms with Crippen LogP contribution in [0.3, 0.4) is 0 Å². The van der Waals surface area contributed by atoms with Crippen molar-refractivity contribution in [2.45, 2.75) is 32.9 Å². The summed E-state index contributed by atoms with van der Waals surface area (Å²) in [6, 6.07) is 5.56. The number of carbonyl (C=O) groups excluding carboxylic acids is 2. The minimum Gasteiger partial charge on any atom is -0.369 e. The highest BCUT2D eigenvalue weighted by Gasteiger charge is 2.26. The molecular weight excluding hydrogens is 311 g/mol. The molecule has 1 atom stereocenters. The number of urea groups is 1. The fourth-order valence-electron chi connectivity index (χ4n) is 2.70. The number of nitrogens with one attached hydrogen (secondary N) is 2. The average molecular weight is 336 g/mol. The number of amides is 3. The van der Waals surface area contributed by atoms with E-state index in [1.165, 1.54) is 12.1 Å². The Kier molecular flexibility index (Phi) is 6.14. The van der Waals surface area contributed by atoms with Crippen molar-refractivity contribution in [2.24, 2.45) is 0 Å². The molecule has 1 aliphatic heterocycles. The van der Waals surface area contributed by atoms with Gasteiger partial charge in [-0.15, -0.1) is 0 Å². The standard InChI is InChI=1S/C17H25FN4O2/c1-12(2)19-17(24)20-16(23)13(3)21-8-10-22(11-9-21)15-6-4-14(18)5-7-15/h4-7,12-13H,8-11H2,1-3H3,(H2,19,20,23,24). The van der Waals surface area contributed by atoms with Gasteiger partial charge in [0.1, 0.15) is 5.82 Å². The molecule has 1 aliphatic rings. The number of hydrogen-bond acceptors (Lipinski definition) is 4. The third-order valence-corrected chi connectivity index (χ3v) is 4.09. The highest BCUT2D eigenvalue weighted by Crippen LogP contribution is 2.17. The average Bonchev–Trinajstić information content (AvgIpc) is 2.54. The number of halogens is 1. The number of imide groups is 1. The largest absolute Gasteiger partial charge is 0.369 e. The number of nitrogens with zero attached hydrogens (tertiary/aromatic N) is 2. The Morgan fingerprint density at radius 3 is 2.17 bits per heavy atom. The predicted molar refractivity (Wildman–Crippen MR) is 91.5 cm³/mol. The molecule has 2 rings (SSSR count). The van der Waals surface area contributed by atoms with E-state index in [0.29, 0.717) is 13.1 Å². The lowest BCUT2D eigenvalue weighted by Gasteiger charge is -2.38. The summed E-state index contributed by atoms with van der Waals surface area (Å²) >= 11 is 0. The van der Waals surface area contributed by atoms with E-state index >= 15 is 0 Å². The first-order chi connectivity index (χ1) is 11.4. The van der Waals surface area contributed by atoms with Gasteiger partial charge >= 0.3 is 6.03 Å².